The van der Waals surface area contributed by atoms with E-state index in [0.29, 0.717) is 6.54 Å². The molecular formula is C10H8BrN3O2. The van der Waals surface area contributed by atoms with Crippen LogP contribution in [0.2, 0.25) is 0 Å². The number of nitrogens with zero attached hydrogens (tertiary/aromatic N) is 3. The highest BCUT2D eigenvalue weighted by molar-refractivity contribution is 9.10. The van der Waals surface area contributed by atoms with Crippen molar-refractivity contribution in [1.29, 1.82) is 0 Å². The van der Waals surface area contributed by atoms with Crippen LogP contribution in [0.15, 0.2) is 34.9 Å². The summed E-state index contributed by atoms with van der Waals surface area (Å²) in [5.74, 6) is -1.03. The first-order chi connectivity index (χ1) is 7.66. The average Bonchev–Trinajstić information content (AvgIpc) is 2.69. The third-order valence-electron chi connectivity index (χ3n) is 2.08. The van der Waals surface area contributed by atoms with Crippen LogP contribution in [-0.4, -0.2) is 26.1 Å². The van der Waals surface area contributed by atoms with E-state index in [4.69, 9.17) is 5.11 Å². The Labute approximate surface area is 99.8 Å². The van der Waals surface area contributed by atoms with Gasteiger partial charge in [0.25, 0.3) is 0 Å². The molecule has 0 radical (unpaired) electrons. The molecule has 0 saturated carbocycles. The van der Waals surface area contributed by atoms with Gasteiger partial charge in [0.2, 0.25) is 0 Å². The minimum absolute atomic E-state index is 0.0860. The molecule has 0 aliphatic rings. The fourth-order valence-corrected chi connectivity index (χ4v) is 1.57. The van der Waals surface area contributed by atoms with E-state index >= 15 is 0 Å². The Hall–Kier alpha value is -1.69. The third kappa shape index (κ3) is 2.27. The molecule has 0 bridgehead atoms. The average molecular weight is 282 g/mol. The molecule has 0 amide bonds. The Kier molecular flexibility index (Phi) is 3.00. The van der Waals surface area contributed by atoms with Crippen molar-refractivity contribution in [2.45, 2.75) is 6.54 Å². The smallest absolute Gasteiger partial charge is 0.355 e. The summed E-state index contributed by atoms with van der Waals surface area (Å²) in [7, 11) is 0. The van der Waals surface area contributed by atoms with Crippen LogP contribution < -0.4 is 0 Å². The molecule has 82 valence electrons. The first kappa shape index (κ1) is 10.8. The molecule has 0 atom stereocenters. The predicted molar refractivity (Wildman–Crippen MR) is 60.2 cm³/mol. The van der Waals surface area contributed by atoms with Crippen molar-refractivity contribution in [3.8, 4) is 0 Å². The molecule has 1 heterocycles. The minimum atomic E-state index is -1.03. The van der Waals surface area contributed by atoms with E-state index in [0.717, 1.165) is 10.0 Å². The van der Waals surface area contributed by atoms with Gasteiger partial charge in [0, 0.05) is 4.47 Å². The van der Waals surface area contributed by atoms with Crippen LogP contribution in [0.5, 0.6) is 0 Å². The number of carboxylic acid groups (broad SMARTS) is 1. The Morgan fingerprint density at radius 1 is 1.38 bits per heavy atom. The van der Waals surface area contributed by atoms with Crippen LogP contribution >= 0.6 is 15.9 Å². The van der Waals surface area contributed by atoms with Gasteiger partial charge in [-0.3, -0.25) is 0 Å². The summed E-state index contributed by atoms with van der Waals surface area (Å²) in [6.07, 6.45) is 1.24. The topological polar surface area (TPSA) is 68.0 Å². The van der Waals surface area contributed by atoms with Crippen LogP contribution in [-0.2, 0) is 6.54 Å². The summed E-state index contributed by atoms with van der Waals surface area (Å²) >= 11 is 3.33. The van der Waals surface area contributed by atoms with Crippen molar-refractivity contribution < 1.29 is 9.90 Å². The SMILES string of the molecule is O=C(O)c1cnnn1Cc1ccc(Br)cc1. The van der Waals surface area contributed by atoms with Gasteiger partial charge in [0.1, 0.15) is 0 Å². The van der Waals surface area contributed by atoms with Crippen molar-refractivity contribution in [1.82, 2.24) is 15.0 Å². The maximum absolute atomic E-state index is 10.8. The summed E-state index contributed by atoms with van der Waals surface area (Å²) in [5, 5.41) is 16.2. The number of rotatable bonds is 3. The second kappa shape index (κ2) is 4.44. The number of hydrogen-bond donors (Lipinski definition) is 1. The van der Waals surface area contributed by atoms with Crippen molar-refractivity contribution in [2.24, 2.45) is 0 Å². The lowest BCUT2D eigenvalue weighted by Gasteiger charge is -2.03. The van der Waals surface area contributed by atoms with Gasteiger partial charge in [-0.15, -0.1) is 5.10 Å². The zero-order valence-corrected chi connectivity index (χ0v) is 9.75. The molecule has 5 nitrogen and oxygen atoms in total. The van der Waals surface area contributed by atoms with Crippen molar-refractivity contribution >= 4 is 21.9 Å². The van der Waals surface area contributed by atoms with E-state index < -0.39 is 5.97 Å². The molecule has 2 aromatic rings. The summed E-state index contributed by atoms with van der Waals surface area (Å²) in [5.41, 5.74) is 1.05. The Morgan fingerprint density at radius 3 is 2.69 bits per heavy atom. The number of halogens is 1. The van der Waals surface area contributed by atoms with Gasteiger partial charge in [-0.05, 0) is 17.7 Å². The van der Waals surface area contributed by atoms with E-state index in [-0.39, 0.29) is 5.69 Å². The molecule has 0 aliphatic carbocycles. The second-order valence-corrected chi connectivity index (χ2v) is 4.12. The summed E-state index contributed by atoms with van der Waals surface area (Å²) < 4.78 is 2.33. The summed E-state index contributed by atoms with van der Waals surface area (Å²) in [6, 6.07) is 7.59. The first-order valence-electron chi connectivity index (χ1n) is 4.53. The van der Waals surface area contributed by atoms with Crippen LogP contribution in [0.25, 0.3) is 0 Å². The standard InChI is InChI=1S/C10H8BrN3O2/c11-8-3-1-7(2-4-8)6-14-9(10(15)16)5-12-13-14/h1-5H,6H2,(H,15,16). The van der Waals surface area contributed by atoms with Gasteiger partial charge in [-0.25, -0.2) is 9.48 Å². The van der Waals surface area contributed by atoms with Crippen molar-refractivity contribution in [3.63, 3.8) is 0 Å². The number of carboxylic acids is 1. The lowest BCUT2D eigenvalue weighted by molar-refractivity contribution is 0.0684. The molecule has 6 heteroatoms. The summed E-state index contributed by atoms with van der Waals surface area (Å²) in [4.78, 5) is 10.8. The first-order valence-corrected chi connectivity index (χ1v) is 5.32. The monoisotopic (exact) mass is 281 g/mol. The van der Waals surface area contributed by atoms with E-state index in [1.165, 1.54) is 10.9 Å². The lowest BCUT2D eigenvalue weighted by Crippen LogP contribution is -2.10. The molecule has 0 saturated heterocycles. The molecule has 2 rings (SSSR count). The maximum Gasteiger partial charge on any atom is 0.355 e. The van der Waals surface area contributed by atoms with Gasteiger partial charge >= 0.3 is 5.97 Å². The third-order valence-corrected chi connectivity index (χ3v) is 2.61. The van der Waals surface area contributed by atoms with Crippen LogP contribution in [0.3, 0.4) is 0 Å². The molecule has 1 N–H and O–H groups in total. The molecule has 1 aromatic heterocycles. The van der Waals surface area contributed by atoms with Crippen molar-refractivity contribution in [2.75, 3.05) is 0 Å². The van der Waals surface area contributed by atoms with Gasteiger partial charge in [-0.2, -0.15) is 0 Å². The highest BCUT2D eigenvalue weighted by Gasteiger charge is 2.11. The van der Waals surface area contributed by atoms with Gasteiger partial charge < -0.3 is 5.11 Å². The molecular weight excluding hydrogens is 274 g/mol. The lowest BCUT2D eigenvalue weighted by atomic mass is 10.2. The second-order valence-electron chi connectivity index (χ2n) is 3.21. The Balaban J connectivity index is 2.23. The highest BCUT2D eigenvalue weighted by Crippen LogP contribution is 2.11. The Morgan fingerprint density at radius 2 is 2.06 bits per heavy atom. The summed E-state index contributed by atoms with van der Waals surface area (Å²) in [6.45, 7) is 0.398. The van der Waals surface area contributed by atoms with E-state index in [9.17, 15) is 4.79 Å². The molecule has 0 spiro atoms. The largest absolute Gasteiger partial charge is 0.476 e. The maximum atomic E-state index is 10.8. The zero-order valence-electron chi connectivity index (χ0n) is 8.17. The van der Waals surface area contributed by atoms with Crippen LogP contribution in [0.4, 0.5) is 0 Å². The molecule has 0 fully saturated rings. The van der Waals surface area contributed by atoms with E-state index in [1.807, 2.05) is 24.3 Å². The number of aromatic carboxylic acids is 1. The predicted octanol–water partition coefficient (Wildman–Crippen LogP) is 1.79. The molecule has 1 aromatic carbocycles. The van der Waals surface area contributed by atoms with Gasteiger partial charge in [0.15, 0.2) is 5.69 Å². The fourth-order valence-electron chi connectivity index (χ4n) is 1.30. The van der Waals surface area contributed by atoms with Crippen LogP contribution in [0.1, 0.15) is 16.1 Å². The van der Waals surface area contributed by atoms with Gasteiger partial charge in [0.05, 0.1) is 12.7 Å². The number of aromatic nitrogens is 3. The van der Waals surface area contributed by atoms with Crippen molar-refractivity contribution in [3.05, 3.63) is 46.2 Å². The zero-order chi connectivity index (χ0) is 11.5. The highest BCUT2D eigenvalue weighted by atomic mass is 79.9. The Bertz CT molecular complexity index is 507. The number of hydrogen-bond acceptors (Lipinski definition) is 3. The van der Waals surface area contributed by atoms with Gasteiger partial charge in [-0.1, -0.05) is 33.3 Å². The van der Waals surface area contributed by atoms with E-state index in [1.54, 1.807) is 0 Å². The molecule has 0 unspecified atom stereocenters. The minimum Gasteiger partial charge on any atom is -0.476 e. The fraction of sp³-hybridized carbons (Fsp3) is 0.100. The number of benzene rings is 1. The van der Waals surface area contributed by atoms with E-state index in [2.05, 4.69) is 26.2 Å². The molecule has 16 heavy (non-hydrogen) atoms. The normalized spacial score (nSPS) is 10.3. The molecule has 0 aliphatic heterocycles. The van der Waals surface area contributed by atoms with Crippen LogP contribution in [0, 0.1) is 0 Å². The quantitative estimate of drug-likeness (QED) is 0.931. The number of carbonyl (C=O) groups is 1.